The second-order valence-corrected chi connectivity index (χ2v) is 8.64. The first-order valence-corrected chi connectivity index (χ1v) is 11.6. The normalized spacial score (nSPS) is 14.1. The first-order chi connectivity index (χ1) is 15.6. The van der Waals surface area contributed by atoms with Crippen LogP contribution in [0.15, 0.2) is 40.7 Å². The van der Waals surface area contributed by atoms with Crippen molar-refractivity contribution in [3.05, 3.63) is 41.3 Å². The molecule has 1 aromatic rings. The molecule has 0 radical (unpaired) electrons. The molecule has 0 heterocycles. The fourth-order valence-corrected chi connectivity index (χ4v) is 3.52. The summed E-state index contributed by atoms with van der Waals surface area (Å²) in [6.45, 7) is 0.805. The average Bonchev–Trinajstić information content (AvgIpc) is 2.78. The summed E-state index contributed by atoms with van der Waals surface area (Å²) >= 11 is 0. The van der Waals surface area contributed by atoms with E-state index in [-0.39, 0.29) is 18.9 Å². The second-order valence-electron chi connectivity index (χ2n) is 7.04. The van der Waals surface area contributed by atoms with Gasteiger partial charge in [0.15, 0.2) is 5.96 Å². The van der Waals surface area contributed by atoms with E-state index in [9.17, 15) is 27.9 Å². The number of carbonyl (C=O) groups is 3. The van der Waals surface area contributed by atoms with E-state index in [4.69, 9.17) is 11.5 Å². The molecule has 0 saturated carbocycles. The SMILES string of the molecule is C[C@H](NC(=O)[C@@H](CO)NS(=O)(=O)C=Cc1ccccc1)C(=O)N[C@H](C=O)CCCN=C(N)N. The molecule has 1 rings (SSSR count). The van der Waals surface area contributed by atoms with Gasteiger partial charge in [0.1, 0.15) is 18.4 Å². The standard InChI is InChI=1S/C20H30N6O6S/c1-14(18(29)25-16(12-27)8-5-10-23-20(21)22)24-19(30)17(13-28)26-33(31,32)11-9-15-6-3-2-4-7-15/h2-4,6-7,9,11-12,14,16-17,26,28H,5,8,10,13H2,1H3,(H,24,30)(H,25,29)(H4,21,22,23)/t14-,16-,17+/m0/s1. The summed E-state index contributed by atoms with van der Waals surface area (Å²) in [5.74, 6) is -1.65. The summed E-state index contributed by atoms with van der Waals surface area (Å²) in [5, 5.41) is 15.1. The number of nitrogens with two attached hydrogens (primary N) is 2. The Bertz CT molecular complexity index is 947. The van der Waals surface area contributed by atoms with E-state index >= 15 is 0 Å². The highest BCUT2D eigenvalue weighted by Crippen LogP contribution is 2.04. The third-order valence-corrected chi connectivity index (χ3v) is 5.36. The molecule has 33 heavy (non-hydrogen) atoms. The van der Waals surface area contributed by atoms with E-state index in [1.165, 1.54) is 13.0 Å². The largest absolute Gasteiger partial charge is 0.394 e. The smallest absolute Gasteiger partial charge is 0.242 e. The first-order valence-electron chi connectivity index (χ1n) is 10.1. The van der Waals surface area contributed by atoms with Crippen LogP contribution in [-0.4, -0.2) is 68.9 Å². The van der Waals surface area contributed by atoms with Gasteiger partial charge in [0.2, 0.25) is 21.8 Å². The zero-order valence-electron chi connectivity index (χ0n) is 18.2. The minimum absolute atomic E-state index is 0.0809. The number of aliphatic hydroxyl groups excluding tert-OH is 1. The van der Waals surface area contributed by atoms with Gasteiger partial charge in [-0.1, -0.05) is 30.3 Å². The summed E-state index contributed by atoms with van der Waals surface area (Å²) in [6.07, 6.45) is 2.59. The number of benzene rings is 1. The second kappa shape index (κ2) is 14.0. The minimum Gasteiger partial charge on any atom is -0.394 e. The van der Waals surface area contributed by atoms with Crippen LogP contribution in [0.1, 0.15) is 25.3 Å². The molecule has 0 saturated heterocycles. The average molecular weight is 483 g/mol. The number of nitrogens with one attached hydrogen (secondary N) is 3. The van der Waals surface area contributed by atoms with Crippen molar-refractivity contribution in [1.82, 2.24) is 15.4 Å². The molecule has 182 valence electrons. The van der Waals surface area contributed by atoms with Crippen LogP contribution < -0.4 is 26.8 Å². The Hall–Kier alpha value is -3.29. The van der Waals surface area contributed by atoms with Crippen molar-refractivity contribution in [2.24, 2.45) is 16.5 Å². The fraction of sp³-hybridized carbons (Fsp3) is 0.400. The number of aliphatic imine (C=N–C) groups is 1. The van der Waals surface area contributed by atoms with Gasteiger partial charge in [0, 0.05) is 12.0 Å². The molecule has 8 N–H and O–H groups in total. The summed E-state index contributed by atoms with van der Waals surface area (Å²) < 4.78 is 26.5. The van der Waals surface area contributed by atoms with Gasteiger partial charge in [-0.25, -0.2) is 8.42 Å². The lowest BCUT2D eigenvalue weighted by Gasteiger charge is -2.20. The van der Waals surface area contributed by atoms with Crippen LogP contribution in [0.2, 0.25) is 0 Å². The Labute approximate surface area is 192 Å². The molecular formula is C20H30N6O6S. The topological polar surface area (TPSA) is 206 Å². The van der Waals surface area contributed by atoms with Crippen molar-refractivity contribution >= 4 is 40.2 Å². The van der Waals surface area contributed by atoms with Crippen LogP contribution >= 0.6 is 0 Å². The molecule has 0 fully saturated rings. The number of amides is 2. The van der Waals surface area contributed by atoms with Gasteiger partial charge in [-0.2, -0.15) is 4.72 Å². The summed E-state index contributed by atoms with van der Waals surface area (Å²) in [4.78, 5) is 39.6. The monoisotopic (exact) mass is 482 g/mol. The molecule has 1 aromatic carbocycles. The number of aliphatic hydroxyl groups is 1. The van der Waals surface area contributed by atoms with Gasteiger partial charge in [-0.05, 0) is 31.4 Å². The third-order valence-electron chi connectivity index (χ3n) is 4.26. The summed E-state index contributed by atoms with van der Waals surface area (Å²) in [7, 11) is -4.06. The number of hydrogen-bond donors (Lipinski definition) is 6. The maximum atomic E-state index is 12.4. The Balaban J connectivity index is 2.62. The van der Waals surface area contributed by atoms with E-state index in [1.54, 1.807) is 30.3 Å². The molecule has 2 amide bonds. The highest BCUT2D eigenvalue weighted by molar-refractivity contribution is 7.92. The molecule has 0 aliphatic rings. The molecule has 0 aromatic heterocycles. The zero-order chi connectivity index (χ0) is 24.9. The van der Waals surface area contributed by atoms with Gasteiger partial charge in [0.05, 0.1) is 12.6 Å². The Kier molecular flexibility index (Phi) is 11.8. The number of rotatable bonds is 14. The van der Waals surface area contributed by atoms with E-state index in [1.807, 2.05) is 0 Å². The van der Waals surface area contributed by atoms with E-state index < -0.39 is 46.6 Å². The van der Waals surface area contributed by atoms with Crippen LogP contribution in [0.3, 0.4) is 0 Å². The molecule has 0 aliphatic carbocycles. The molecule has 13 heteroatoms. The Morgan fingerprint density at radius 3 is 2.39 bits per heavy atom. The van der Waals surface area contributed by atoms with Gasteiger partial charge in [0.25, 0.3) is 0 Å². The quantitative estimate of drug-likeness (QED) is 0.0768. The van der Waals surface area contributed by atoms with Crippen molar-refractivity contribution in [2.45, 2.75) is 37.9 Å². The van der Waals surface area contributed by atoms with Crippen LogP contribution in [0.4, 0.5) is 0 Å². The minimum atomic E-state index is -4.06. The maximum Gasteiger partial charge on any atom is 0.242 e. The molecular weight excluding hydrogens is 452 g/mol. The number of aldehydes is 1. The molecule has 0 spiro atoms. The molecule has 0 bridgehead atoms. The first kappa shape index (κ1) is 27.7. The lowest BCUT2D eigenvalue weighted by atomic mass is 10.1. The Morgan fingerprint density at radius 2 is 1.82 bits per heavy atom. The maximum absolute atomic E-state index is 12.4. The van der Waals surface area contributed by atoms with Gasteiger partial charge in [-0.3, -0.25) is 14.6 Å². The third kappa shape index (κ3) is 11.2. The number of sulfonamides is 1. The lowest BCUT2D eigenvalue weighted by Crippen LogP contribution is -2.54. The predicted molar refractivity (Wildman–Crippen MR) is 124 cm³/mol. The van der Waals surface area contributed by atoms with E-state index in [2.05, 4.69) is 20.3 Å². The Morgan fingerprint density at radius 1 is 1.15 bits per heavy atom. The van der Waals surface area contributed by atoms with E-state index in [0.717, 1.165) is 5.41 Å². The summed E-state index contributed by atoms with van der Waals surface area (Å²) in [6, 6.07) is 5.18. The molecule has 0 aliphatic heterocycles. The van der Waals surface area contributed by atoms with Crippen LogP contribution in [0.5, 0.6) is 0 Å². The molecule has 12 nitrogen and oxygen atoms in total. The highest BCUT2D eigenvalue weighted by Gasteiger charge is 2.26. The van der Waals surface area contributed by atoms with Crippen LogP contribution in [0, 0.1) is 0 Å². The fourth-order valence-electron chi connectivity index (χ4n) is 2.52. The number of carbonyl (C=O) groups excluding carboxylic acids is 3. The van der Waals surface area contributed by atoms with Gasteiger partial charge >= 0.3 is 0 Å². The lowest BCUT2D eigenvalue weighted by molar-refractivity contribution is -0.130. The highest BCUT2D eigenvalue weighted by atomic mass is 32.2. The predicted octanol–water partition coefficient (Wildman–Crippen LogP) is -1.82. The van der Waals surface area contributed by atoms with Crippen molar-refractivity contribution in [1.29, 1.82) is 0 Å². The van der Waals surface area contributed by atoms with Crippen molar-refractivity contribution in [3.8, 4) is 0 Å². The van der Waals surface area contributed by atoms with Crippen molar-refractivity contribution in [2.75, 3.05) is 13.2 Å². The summed E-state index contributed by atoms with van der Waals surface area (Å²) in [5.41, 5.74) is 11.0. The number of hydrogen-bond acceptors (Lipinski definition) is 7. The van der Waals surface area contributed by atoms with Gasteiger partial charge in [-0.15, -0.1) is 0 Å². The van der Waals surface area contributed by atoms with Crippen LogP contribution in [0.25, 0.3) is 6.08 Å². The number of nitrogens with zero attached hydrogens (tertiary/aromatic N) is 1. The van der Waals surface area contributed by atoms with Crippen molar-refractivity contribution < 1.29 is 27.9 Å². The van der Waals surface area contributed by atoms with Gasteiger partial charge < -0.3 is 32.0 Å². The zero-order valence-corrected chi connectivity index (χ0v) is 19.0. The van der Waals surface area contributed by atoms with Crippen molar-refractivity contribution in [3.63, 3.8) is 0 Å². The molecule has 3 atom stereocenters. The molecule has 0 unspecified atom stereocenters. The number of guanidine groups is 1. The van der Waals surface area contributed by atoms with E-state index in [0.29, 0.717) is 18.3 Å². The van der Waals surface area contributed by atoms with Crippen LogP contribution in [-0.2, 0) is 24.4 Å².